The molecular weight excluding hydrogens is 482 g/mol. The van der Waals surface area contributed by atoms with Gasteiger partial charge in [0.15, 0.2) is 23.8 Å². The minimum Gasteiger partial charge on any atom is -0.394 e. The van der Waals surface area contributed by atoms with Gasteiger partial charge in [-0.15, -0.1) is 0 Å². The minimum atomic E-state index is -1.66. The molecule has 2 aromatic heterocycles. The van der Waals surface area contributed by atoms with E-state index in [0.29, 0.717) is 12.8 Å². The molecule has 0 spiro atoms. The molecule has 0 aromatic carbocycles. The van der Waals surface area contributed by atoms with Crippen molar-refractivity contribution in [1.29, 1.82) is 0 Å². The number of alkyl halides is 2. The van der Waals surface area contributed by atoms with E-state index in [2.05, 4.69) is 9.97 Å². The first-order valence-corrected chi connectivity index (χ1v) is 11.8. The third kappa shape index (κ3) is 3.25. The molecule has 2 saturated heterocycles. The number of fused-ring (bicyclic) bond motifs is 2. The van der Waals surface area contributed by atoms with E-state index in [4.69, 9.17) is 9.47 Å². The molecule has 2 aromatic rings. The number of H-pyrrole nitrogens is 2. The molecule has 196 valence electrons. The van der Waals surface area contributed by atoms with Gasteiger partial charge in [-0.05, 0) is 19.3 Å². The Bertz CT molecular complexity index is 1330. The normalized spacial score (nSPS) is 41.7. The monoisotopic (exact) mass is 510 g/mol. The molecule has 0 amide bonds. The number of aliphatic hydroxyl groups is 1. The van der Waals surface area contributed by atoms with Gasteiger partial charge in [0.2, 0.25) is 0 Å². The lowest BCUT2D eigenvalue weighted by atomic mass is 9.98. The number of hydrogen-bond acceptors (Lipinski definition) is 7. The van der Waals surface area contributed by atoms with E-state index in [1.807, 2.05) is 13.8 Å². The SMILES string of the molecule is CC[C@H]1OC(n2ccc(=O)[nH]c2=O)[C@@]2(F)C[C@]12C.C[C@]12C[C@]1(F)C(n1ccc(=O)[nH]c1=O)O[C@@H]2CO. The second kappa shape index (κ2) is 7.80. The third-order valence-corrected chi connectivity index (χ3v) is 8.43. The fourth-order valence-corrected chi connectivity index (χ4v) is 5.90. The molecule has 4 aliphatic rings. The quantitative estimate of drug-likeness (QED) is 0.543. The molecule has 2 unspecified atom stereocenters. The van der Waals surface area contributed by atoms with E-state index in [-0.39, 0.29) is 19.1 Å². The van der Waals surface area contributed by atoms with Gasteiger partial charge < -0.3 is 14.6 Å². The van der Waals surface area contributed by atoms with Gasteiger partial charge in [-0.25, -0.2) is 18.4 Å². The molecule has 36 heavy (non-hydrogen) atoms. The Morgan fingerprint density at radius 3 is 1.64 bits per heavy atom. The molecule has 6 rings (SSSR count). The molecule has 0 radical (unpaired) electrons. The summed E-state index contributed by atoms with van der Waals surface area (Å²) in [5, 5.41) is 9.18. The standard InChI is InChI=1S/C12H15FN2O3.C11H13FN2O4/c1-3-7-11(2)6-12(11,13)9(18-7)15-5-4-8(16)14-10(15)17;1-10-5-11(10,12)8(18-6(10)4-15)14-3-2-7(16)13-9(14)17/h4-5,7,9H,3,6H2,1-2H3,(H,14,16,17);2-3,6,8,15H,4-5H2,1H3,(H,13,16,17)/t7-,9?,11-,12+;6-,8?,10-,11+/m11/s1. The topological polar surface area (TPSA) is 148 Å². The van der Waals surface area contributed by atoms with E-state index < -0.39 is 63.2 Å². The van der Waals surface area contributed by atoms with Gasteiger partial charge in [-0.3, -0.25) is 28.7 Å². The zero-order valence-electron chi connectivity index (χ0n) is 20.0. The van der Waals surface area contributed by atoms with Crippen molar-refractivity contribution in [2.45, 2.75) is 76.0 Å². The zero-order valence-corrected chi connectivity index (χ0v) is 20.0. The van der Waals surface area contributed by atoms with Crippen LogP contribution in [0.3, 0.4) is 0 Å². The Morgan fingerprint density at radius 2 is 1.31 bits per heavy atom. The van der Waals surface area contributed by atoms with Crippen LogP contribution in [0.25, 0.3) is 0 Å². The number of aliphatic hydroxyl groups excluding tert-OH is 1. The highest BCUT2D eigenvalue weighted by atomic mass is 19.2. The maximum absolute atomic E-state index is 14.8. The van der Waals surface area contributed by atoms with Gasteiger partial charge in [0.05, 0.1) is 18.8 Å². The maximum Gasteiger partial charge on any atom is 0.330 e. The number of ether oxygens (including phenoxy) is 2. The summed E-state index contributed by atoms with van der Waals surface area (Å²) in [6.45, 7) is 5.17. The number of halogens is 2. The van der Waals surface area contributed by atoms with Crippen LogP contribution in [0.5, 0.6) is 0 Å². The number of hydrogen-bond donors (Lipinski definition) is 3. The summed E-state index contributed by atoms with van der Waals surface area (Å²) < 4.78 is 42.6. The highest BCUT2D eigenvalue weighted by Gasteiger charge is 2.80. The molecule has 0 bridgehead atoms. The molecule has 11 nitrogen and oxygen atoms in total. The van der Waals surface area contributed by atoms with Crippen molar-refractivity contribution >= 4 is 0 Å². The maximum atomic E-state index is 14.8. The Labute approximate surface area is 202 Å². The van der Waals surface area contributed by atoms with Crippen LogP contribution in [0.4, 0.5) is 8.78 Å². The lowest BCUT2D eigenvalue weighted by Crippen LogP contribution is -2.36. The molecular formula is C23H28F2N4O7. The van der Waals surface area contributed by atoms with E-state index >= 15 is 0 Å². The Hall–Kier alpha value is -2.90. The van der Waals surface area contributed by atoms with E-state index in [1.54, 1.807) is 6.92 Å². The summed E-state index contributed by atoms with van der Waals surface area (Å²) in [5.41, 5.74) is -6.82. The van der Waals surface area contributed by atoms with Crippen molar-refractivity contribution in [3.8, 4) is 0 Å². The largest absolute Gasteiger partial charge is 0.394 e. The molecule has 8 atom stereocenters. The molecule has 2 saturated carbocycles. The van der Waals surface area contributed by atoms with Crippen molar-refractivity contribution < 1.29 is 23.4 Å². The first-order chi connectivity index (χ1) is 16.8. The first kappa shape index (κ1) is 24.8. The Kier molecular flexibility index (Phi) is 5.37. The fraction of sp³-hybridized carbons (Fsp3) is 0.652. The van der Waals surface area contributed by atoms with Crippen molar-refractivity contribution in [2.75, 3.05) is 6.61 Å². The van der Waals surface area contributed by atoms with Gasteiger partial charge in [-0.2, -0.15) is 0 Å². The molecule has 2 aliphatic heterocycles. The lowest BCUT2D eigenvalue weighted by molar-refractivity contribution is -0.0765. The van der Waals surface area contributed by atoms with E-state index in [1.165, 1.54) is 18.5 Å². The second-order valence-electron chi connectivity index (χ2n) is 10.5. The van der Waals surface area contributed by atoms with Crippen LogP contribution in [0, 0.1) is 10.8 Å². The molecule has 4 heterocycles. The van der Waals surface area contributed by atoms with Crippen LogP contribution in [-0.2, 0) is 9.47 Å². The van der Waals surface area contributed by atoms with Crippen LogP contribution >= 0.6 is 0 Å². The summed E-state index contributed by atoms with van der Waals surface area (Å²) in [7, 11) is 0. The highest BCUT2D eigenvalue weighted by Crippen LogP contribution is 2.73. The summed E-state index contributed by atoms with van der Waals surface area (Å²) in [4.78, 5) is 49.5. The third-order valence-electron chi connectivity index (χ3n) is 8.43. The Balaban J connectivity index is 0.000000148. The predicted molar refractivity (Wildman–Crippen MR) is 121 cm³/mol. The summed E-state index contributed by atoms with van der Waals surface area (Å²) in [5.74, 6) is 0. The zero-order chi connectivity index (χ0) is 26.3. The fourth-order valence-electron chi connectivity index (χ4n) is 5.90. The highest BCUT2D eigenvalue weighted by molar-refractivity contribution is 5.25. The smallest absolute Gasteiger partial charge is 0.330 e. The first-order valence-electron chi connectivity index (χ1n) is 11.8. The lowest BCUT2D eigenvalue weighted by Gasteiger charge is -2.20. The molecule has 13 heteroatoms. The van der Waals surface area contributed by atoms with Crippen LogP contribution in [0.2, 0.25) is 0 Å². The van der Waals surface area contributed by atoms with Gasteiger partial charge in [0, 0.05) is 35.4 Å². The summed E-state index contributed by atoms with van der Waals surface area (Å²) in [6.07, 6.45) is 1.00. The number of nitrogens with one attached hydrogen (secondary N) is 2. The number of nitrogens with zero attached hydrogens (tertiary/aromatic N) is 2. The predicted octanol–water partition coefficient (Wildman–Crippen LogP) is 0.507. The van der Waals surface area contributed by atoms with Crippen LogP contribution in [0.1, 0.15) is 52.5 Å². The number of aromatic nitrogens is 4. The molecule has 4 fully saturated rings. The van der Waals surface area contributed by atoms with Crippen molar-refractivity contribution in [1.82, 2.24) is 19.1 Å². The van der Waals surface area contributed by atoms with Crippen LogP contribution in [0.15, 0.2) is 43.7 Å². The van der Waals surface area contributed by atoms with Crippen LogP contribution in [-0.4, -0.2) is 54.4 Å². The average molecular weight is 510 g/mol. The van der Waals surface area contributed by atoms with Crippen molar-refractivity contribution in [2.24, 2.45) is 10.8 Å². The van der Waals surface area contributed by atoms with Gasteiger partial charge in [0.25, 0.3) is 11.1 Å². The van der Waals surface area contributed by atoms with Gasteiger partial charge in [0.1, 0.15) is 0 Å². The number of aromatic amines is 2. The molecule has 3 N–H and O–H groups in total. The Morgan fingerprint density at radius 1 is 0.889 bits per heavy atom. The summed E-state index contributed by atoms with van der Waals surface area (Å²) >= 11 is 0. The van der Waals surface area contributed by atoms with Gasteiger partial charge in [-0.1, -0.05) is 20.8 Å². The summed E-state index contributed by atoms with van der Waals surface area (Å²) in [6, 6.07) is 2.34. The number of rotatable bonds is 4. The second-order valence-corrected chi connectivity index (χ2v) is 10.5. The van der Waals surface area contributed by atoms with Gasteiger partial charge >= 0.3 is 11.4 Å². The molecule has 2 aliphatic carbocycles. The van der Waals surface area contributed by atoms with E-state index in [0.717, 1.165) is 15.2 Å². The average Bonchev–Trinajstić information content (AvgIpc) is 3.52. The van der Waals surface area contributed by atoms with E-state index in [9.17, 15) is 33.1 Å². The van der Waals surface area contributed by atoms with Crippen molar-refractivity contribution in [3.63, 3.8) is 0 Å². The van der Waals surface area contributed by atoms with Crippen molar-refractivity contribution in [3.05, 3.63) is 66.2 Å². The van der Waals surface area contributed by atoms with Crippen LogP contribution < -0.4 is 22.5 Å². The minimum absolute atomic E-state index is 0.189.